The number of ether oxygens (including phenoxy) is 1. The highest BCUT2D eigenvalue weighted by atomic mass is 16.5. The monoisotopic (exact) mass is 350 g/mol. The number of para-hydroxylation sites is 2. The average Bonchev–Trinajstić information content (AvgIpc) is 3.28. The number of aliphatic hydroxyl groups excluding tert-OH is 1. The van der Waals surface area contributed by atoms with Crippen LogP contribution in [-0.4, -0.2) is 27.4 Å². The third-order valence-corrected chi connectivity index (χ3v) is 5.23. The molecule has 1 N–H and O–H groups in total. The van der Waals surface area contributed by atoms with E-state index in [-0.39, 0.29) is 6.61 Å². The van der Waals surface area contributed by atoms with Gasteiger partial charge in [0.05, 0.1) is 17.6 Å². The first kappa shape index (κ1) is 17.1. The number of imidazole rings is 1. The fourth-order valence-electron chi connectivity index (χ4n) is 3.94. The van der Waals surface area contributed by atoms with Crippen LogP contribution in [0.15, 0.2) is 48.5 Å². The molecule has 0 bridgehead atoms. The molecule has 2 aromatic carbocycles. The summed E-state index contributed by atoms with van der Waals surface area (Å²) in [5.74, 6) is 2.43. The maximum absolute atomic E-state index is 10.6. The molecule has 0 aliphatic heterocycles. The van der Waals surface area contributed by atoms with Crippen LogP contribution in [0.5, 0.6) is 5.75 Å². The quantitative estimate of drug-likeness (QED) is 0.715. The minimum atomic E-state index is -0.576. The first-order chi connectivity index (χ1) is 12.7. The number of hydrogen-bond donors (Lipinski definition) is 1. The topological polar surface area (TPSA) is 47.3 Å². The van der Waals surface area contributed by atoms with Crippen molar-refractivity contribution in [3.63, 3.8) is 0 Å². The summed E-state index contributed by atoms with van der Waals surface area (Å²) in [4.78, 5) is 4.89. The normalized spacial score (nSPS) is 16.2. The van der Waals surface area contributed by atoms with E-state index in [1.165, 1.54) is 25.7 Å². The lowest BCUT2D eigenvalue weighted by molar-refractivity contribution is 0.0924. The van der Waals surface area contributed by atoms with Crippen molar-refractivity contribution in [1.82, 2.24) is 9.55 Å². The molecule has 4 rings (SSSR count). The lowest BCUT2D eigenvalue weighted by Gasteiger charge is -2.18. The molecule has 0 saturated heterocycles. The Bertz CT molecular complexity index is 881. The van der Waals surface area contributed by atoms with Gasteiger partial charge in [-0.1, -0.05) is 37.1 Å². The zero-order valence-corrected chi connectivity index (χ0v) is 15.3. The molecule has 1 aliphatic carbocycles. The summed E-state index contributed by atoms with van der Waals surface area (Å²) in [6.07, 6.45) is 4.35. The Morgan fingerprint density at radius 3 is 2.77 bits per heavy atom. The largest absolute Gasteiger partial charge is 0.491 e. The Balaban J connectivity index is 1.52. The van der Waals surface area contributed by atoms with E-state index in [1.54, 1.807) is 0 Å². The zero-order chi connectivity index (χ0) is 17.9. The minimum Gasteiger partial charge on any atom is -0.491 e. The van der Waals surface area contributed by atoms with Crippen LogP contribution in [-0.2, 0) is 6.54 Å². The van der Waals surface area contributed by atoms with Gasteiger partial charge in [-0.05, 0) is 49.6 Å². The van der Waals surface area contributed by atoms with Crippen molar-refractivity contribution in [3.05, 3.63) is 59.9 Å². The molecular weight excluding hydrogens is 324 g/mol. The standard InChI is InChI=1S/C22H26N2O2/c1-16-7-6-10-19(13-16)26-15-18(25)14-24-21-12-5-4-11-20(21)23-22(24)17-8-2-3-9-17/h4-7,10-13,17-18,25H,2-3,8-9,14-15H2,1H3. The maximum Gasteiger partial charge on any atom is 0.119 e. The van der Waals surface area contributed by atoms with Crippen LogP contribution < -0.4 is 4.74 Å². The van der Waals surface area contributed by atoms with Gasteiger partial charge in [0.1, 0.15) is 24.3 Å². The van der Waals surface area contributed by atoms with Crippen molar-refractivity contribution in [3.8, 4) is 5.75 Å². The fourth-order valence-corrected chi connectivity index (χ4v) is 3.94. The molecule has 1 fully saturated rings. The average molecular weight is 350 g/mol. The Hall–Kier alpha value is -2.33. The predicted octanol–water partition coefficient (Wildman–Crippen LogP) is 4.44. The molecule has 1 aromatic heterocycles. The van der Waals surface area contributed by atoms with Gasteiger partial charge in [0.2, 0.25) is 0 Å². The second-order valence-electron chi connectivity index (χ2n) is 7.33. The SMILES string of the molecule is Cc1cccc(OCC(O)Cn2c(C3CCCC3)nc3ccccc32)c1. The summed E-state index contributed by atoms with van der Waals surface area (Å²) in [6.45, 7) is 2.83. The number of aryl methyl sites for hydroxylation is 1. The van der Waals surface area contributed by atoms with Crippen molar-refractivity contribution in [2.45, 2.75) is 51.2 Å². The molecular formula is C22H26N2O2. The zero-order valence-electron chi connectivity index (χ0n) is 15.3. The second kappa shape index (κ2) is 7.50. The van der Waals surface area contributed by atoms with Crippen molar-refractivity contribution < 1.29 is 9.84 Å². The fraction of sp³-hybridized carbons (Fsp3) is 0.409. The minimum absolute atomic E-state index is 0.278. The highest BCUT2D eigenvalue weighted by molar-refractivity contribution is 5.76. The van der Waals surface area contributed by atoms with Crippen LogP contribution in [0.3, 0.4) is 0 Å². The Labute approximate surface area is 154 Å². The Morgan fingerprint density at radius 1 is 1.15 bits per heavy atom. The molecule has 3 aromatic rings. The van der Waals surface area contributed by atoms with Crippen LogP contribution >= 0.6 is 0 Å². The Kier molecular flexibility index (Phi) is 4.93. The van der Waals surface area contributed by atoms with Gasteiger partial charge in [0.25, 0.3) is 0 Å². The van der Waals surface area contributed by atoms with Crippen LogP contribution in [0.1, 0.15) is 43.0 Å². The van der Waals surface area contributed by atoms with E-state index in [9.17, 15) is 5.11 Å². The molecule has 4 heteroatoms. The van der Waals surface area contributed by atoms with Crippen LogP contribution in [0.25, 0.3) is 11.0 Å². The molecule has 1 heterocycles. The van der Waals surface area contributed by atoms with Crippen LogP contribution in [0, 0.1) is 6.92 Å². The maximum atomic E-state index is 10.6. The van der Waals surface area contributed by atoms with E-state index in [4.69, 9.17) is 9.72 Å². The van der Waals surface area contributed by atoms with Crippen molar-refractivity contribution in [2.24, 2.45) is 0 Å². The van der Waals surface area contributed by atoms with Gasteiger partial charge in [-0.25, -0.2) is 4.98 Å². The number of nitrogens with zero attached hydrogens (tertiary/aromatic N) is 2. The van der Waals surface area contributed by atoms with Gasteiger partial charge in [-0.3, -0.25) is 0 Å². The molecule has 136 valence electrons. The summed E-state index contributed by atoms with van der Waals surface area (Å²) in [5, 5.41) is 10.6. The molecule has 1 saturated carbocycles. The molecule has 26 heavy (non-hydrogen) atoms. The smallest absolute Gasteiger partial charge is 0.119 e. The highest BCUT2D eigenvalue weighted by Crippen LogP contribution is 2.35. The van der Waals surface area contributed by atoms with Crippen molar-refractivity contribution >= 4 is 11.0 Å². The number of benzene rings is 2. The van der Waals surface area contributed by atoms with E-state index < -0.39 is 6.10 Å². The van der Waals surface area contributed by atoms with Gasteiger partial charge in [0, 0.05) is 5.92 Å². The van der Waals surface area contributed by atoms with E-state index in [0.29, 0.717) is 12.5 Å². The molecule has 1 atom stereocenters. The predicted molar refractivity (Wildman–Crippen MR) is 104 cm³/mol. The summed E-state index contributed by atoms with van der Waals surface area (Å²) < 4.78 is 8.00. The number of aliphatic hydroxyl groups is 1. The lowest BCUT2D eigenvalue weighted by atomic mass is 10.1. The van der Waals surface area contributed by atoms with Gasteiger partial charge in [-0.2, -0.15) is 0 Å². The van der Waals surface area contributed by atoms with E-state index in [0.717, 1.165) is 28.2 Å². The van der Waals surface area contributed by atoms with Crippen molar-refractivity contribution in [2.75, 3.05) is 6.61 Å². The third kappa shape index (κ3) is 3.61. The number of hydrogen-bond acceptors (Lipinski definition) is 3. The number of aromatic nitrogens is 2. The first-order valence-corrected chi connectivity index (χ1v) is 9.53. The molecule has 0 radical (unpaired) electrons. The Morgan fingerprint density at radius 2 is 1.96 bits per heavy atom. The lowest BCUT2D eigenvalue weighted by Crippen LogP contribution is -2.25. The van der Waals surface area contributed by atoms with E-state index in [2.05, 4.69) is 16.7 Å². The summed E-state index contributed by atoms with van der Waals surface area (Å²) in [6, 6.07) is 16.1. The van der Waals surface area contributed by atoms with Gasteiger partial charge < -0.3 is 14.4 Å². The molecule has 4 nitrogen and oxygen atoms in total. The number of fused-ring (bicyclic) bond motifs is 1. The third-order valence-electron chi connectivity index (χ3n) is 5.23. The van der Waals surface area contributed by atoms with Gasteiger partial charge in [-0.15, -0.1) is 0 Å². The summed E-state index contributed by atoms with van der Waals surface area (Å²) >= 11 is 0. The molecule has 1 unspecified atom stereocenters. The highest BCUT2D eigenvalue weighted by Gasteiger charge is 2.24. The first-order valence-electron chi connectivity index (χ1n) is 9.53. The molecule has 0 spiro atoms. The van der Waals surface area contributed by atoms with Crippen LogP contribution in [0.4, 0.5) is 0 Å². The van der Waals surface area contributed by atoms with Gasteiger partial charge in [0.15, 0.2) is 0 Å². The van der Waals surface area contributed by atoms with Gasteiger partial charge >= 0.3 is 0 Å². The summed E-state index contributed by atoms with van der Waals surface area (Å²) in [5.41, 5.74) is 3.27. The van der Waals surface area contributed by atoms with Crippen molar-refractivity contribution in [1.29, 1.82) is 0 Å². The van der Waals surface area contributed by atoms with E-state index >= 15 is 0 Å². The molecule has 0 amide bonds. The van der Waals surface area contributed by atoms with Crippen LogP contribution in [0.2, 0.25) is 0 Å². The second-order valence-corrected chi connectivity index (χ2v) is 7.33. The van der Waals surface area contributed by atoms with E-state index in [1.807, 2.05) is 43.3 Å². The summed E-state index contributed by atoms with van der Waals surface area (Å²) in [7, 11) is 0. The number of rotatable bonds is 6. The molecule has 1 aliphatic rings.